The number of carbonyl (C=O) groups excluding carboxylic acids is 1. The number of carbonyl (C=O) groups is 1. The Labute approximate surface area is 158 Å². The highest BCUT2D eigenvalue weighted by Crippen LogP contribution is 2.22. The minimum absolute atomic E-state index is 0.0761. The van der Waals surface area contributed by atoms with Crippen molar-refractivity contribution >= 4 is 38.4 Å². The van der Waals surface area contributed by atoms with Crippen LogP contribution < -0.4 is 15.8 Å². The number of fused-ring (bicyclic) bond motifs is 1. The number of rotatable bonds is 5. The fourth-order valence-electron chi connectivity index (χ4n) is 2.57. The standard InChI is InChI=1S/C18H13N3O6S/c22-17(15-5-2-8-26-15)19-11-3-1-4-12(9-11)21-28(24,25)13-6-7-14-16(10-13)27-18(23)20-14/h1-10,21H,(H,19,22)(H,20,23). The molecule has 10 heteroatoms. The number of aromatic amines is 1. The molecule has 0 atom stereocenters. The van der Waals surface area contributed by atoms with E-state index in [4.69, 9.17) is 8.83 Å². The van der Waals surface area contributed by atoms with E-state index in [1.54, 1.807) is 18.2 Å². The van der Waals surface area contributed by atoms with Crippen LogP contribution in [0.3, 0.4) is 0 Å². The van der Waals surface area contributed by atoms with E-state index in [0.29, 0.717) is 11.2 Å². The molecule has 0 unspecified atom stereocenters. The van der Waals surface area contributed by atoms with Crippen molar-refractivity contribution in [2.45, 2.75) is 4.90 Å². The Morgan fingerprint density at radius 1 is 1.00 bits per heavy atom. The molecule has 0 bridgehead atoms. The van der Waals surface area contributed by atoms with Crippen molar-refractivity contribution in [3.63, 3.8) is 0 Å². The molecule has 0 aliphatic rings. The maximum atomic E-state index is 12.6. The molecule has 0 radical (unpaired) electrons. The van der Waals surface area contributed by atoms with Crippen molar-refractivity contribution in [2.24, 2.45) is 0 Å². The fraction of sp³-hybridized carbons (Fsp3) is 0. The summed E-state index contributed by atoms with van der Waals surface area (Å²) in [6.07, 6.45) is 1.38. The molecule has 2 aromatic heterocycles. The number of hydrogen-bond donors (Lipinski definition) is 3. The Morgan fingerprint density at radius 3 is 2.61 bits per heavy atom. The first-order valence-electron chi connectivity index (χ1n) is 8.01. The van der Waals surface area contributed by atoms with Crippen molar-refractivity contribution in [1.29, 1.82) is 0 Å². The Balaban J connectivity index is 1.57. The zero-order valence-corrected chi connectivity index (χ0v) is 14.9. The minimum Gasteiger partial charge on any atom is -0.459 e. The van der Waals surface area contributed by atoms with Crippen LogP contribution in [0.4, 0.5) is 11.4 Å². The van der Waals surface area contributed by atoms with Gasteiger partial charge in [-0.3, -0.25) is 14.5 Å². The Kier molecular flexibility index (Phi) is 4.24. The van der Waals surface area contributed by atoms with E-state index >= 15 is 0 Å². The van der Waals surface area contributed by atoms with E-state index < -0.39 is 21.7 Å². The molecular formula is C18H13N3O6S. The Hall–Kier alpha value is -3.79. The molecule has 28 heavy (non-hydrogen) atoms. The normalized spacial score (nSPS) is 11.4. The molecule has 142 valence electrons. The second-order valence-electron chi connectivity index (χ2n) is 5.79. The van der Waals surface area contributed by atoms with Gasteiger partial charge in [-0.25, -0.2) is 13.2 Å². The summed E-state index contributed by atoms with van der Waals surface area (Å²) in [6, 6.07) is 13.3. The van der Waals surface area contributed by atoms with Crippen molar-refractivity contribution in [2.75, 3.05) is 10.0 Å². The summed E-state index contributed by atoms with van der Waals surface area (Å²) in [5.41, 5.74) is 1.15. The molecule has 0 saturated carbocycles. The largest absolute Gasteiger partial charge is 0.459 e. The van der Waals surface area contributed by atoms with E-state index in [1.165, 1.54) is 42.7 Å². The lowest BCUT2D eigenvalue weighted by Crippen LogP contribution is -2.14. The van der Waals surface area contributed by atoms with Gasteiger partial charge in [-0.2, -0.15) is 0 Å². The number of oxazole rings is 1. The molecule has 0 saturated heterocycles. The van der Waals surface area contributed by atoms with Crippen LogP contribution in [0, 0.1) is 0 Å². The number of aromatic nitrogens is 1. The number of amides is 1. The molecule has 0 aliphatic carbocycles. The molecule has 0 aliphatic heterocycles. The predicted molar refractivity (Wildman–Crippen MR) is 101 cm³/mol. The molecule has 2 heterocycles. The molecule has 1 amide bonds. The van der Waals surface area contributed by atoms with Crippen LogP contribution in [-0.4, -0.2) is 19.3 Å². The number of sulfonamides is 1. The lowest BCUT2D eigenvalue weighted by atomic mass is 10.3. The summed E-state index contributed by atoms with van der Waals surface area (Å²) in [4.78, 5) is 25.6. The summed E-state index contributed by atoms with van der Waals surface area (Å²) in [5, 5.41) is 2.62. The Morgan fingerprint density at radius 2 is 1.82 bits per heavy atom. The zero-order chi connectivity index (χ0) is 19.7. The molecule has 3 N–H and O–H groups in total. The second-order valence-corrected chi connectivity index (χ2v) is 7.47. The van der Waals surface area contributed by atoms with E-state index in [9.17, 15) is 18.0 Å². The van der Waals surface area contributed by atoms with E-state index in [-0.39, 0.29) is 21.9 Å². The molecule has 9 nitrogen and oxygen atoms in total. The predicted octanol–water partition coefficient (Wildman–Crippen LogP) is 2.77. The molecule has 4 rings (SSSR count). The van der Waals surface area contributed by atoms with E-state index in [1.807, 2.05) is 0 Å². The highest BCUT2D eigenvalue weighted by Gasteiger charge is 2.17. The number of furan rings is 1. The lowest BCUT2D eigenvalue weighted by Gasteiger charge is -2.10. The average molecular weight is 399 g/mol. The number of H-pyrrole nitrogens is 1. The summed E-state index contributed by atoms with van der Waals surface area (Å²) >= 11 is 0. The van der Waals surface area contributed by atoms with Gasteiger partial charge in [-0.1, -0.05) is 6.07 Å². The van der Waals surface area contributed by atoms with Crippen LogP contribution >= 0.6 is 0 Å². The van der Waals surface area contributed by atoms with Crippen LogP contribution in [0.1, 0.15) is 10.6 Å². The second kappa shape index (κ2) is 6.74. The quantitative estimate of drug-likeness (QED) is 0.472. The SMILES string of the molecule is O=C(Nc1cccc(NS(=O)(=O)c2ccc3[nH]c(=O)oc3c2)c1)c1ccco1. The van der Waals surface area contributed by atoms with Crippen molar-refractivity contribution in [3.8, 4) is 0 Å². The first-order chi connectivity index (χ1) is 13.4. The van der Waals surface area contributed by atoms with Gasteiger partial charge in [0, 0.05) is 11.8 Å². The first kappa shape index (κ1) is 17.6. The van der Waals surface area contributed by atoms with Crippen molar-refractivity contribution < 1.29 is 22.0 Å². The monoisotopic (exact) mass is 399 g/mol. The Bertz CT molecular complexity index is 1320. The fourth-order valence-corrected chi connectivity index (χ4v) is 3.63. The summed E-state index contributed by atoms with van der Waals surface area (Å²) in [5.74, 6) is -0.997. The molecule has 0 fully saturated rings. The van der Waals surface area contributed by atoms with Gasteiger partial charge in [0.25, 0.3) is 15.9 Å². The summed E-state index contributed by atoms with van der Waals surface area (Å²) in [6.45, 7) is 0. The van der Waals surface area contributed by atoms with Crippen LogP contribution in [-0.2, 0) is 10.0 Å². The summed E-state index contributed by atoms with van der Waals surface area (Å²) in [7, 11) is -3.94. The lowest BCUT2D eigenvalue weighted by molar-refractivity contribution is 0.0996. The third-order valence-corrected chi connectivity index (χ3v) is 5.20. The molecule has 2 aromatic carbocycles. The van der Waals surface area contributed by atoms with E-state index in [0.717, 1.165) is 0 Å². The third kappa shape index (κ3) is 3.53. The number of nitrogens with one attached hydrogen (secondary N) is 3. The van der Waals surface area contributed by atoms with Gasteiger partial charge in [0.2, 0.25) is 0 Å². The number of benzene rings is 2. The van der Waals surface area contributed by atoms with Crippen LogP contribution in [0.5, 0.6) is 0 Å². The van der Waals surface area contributed by atoms with Gasteiger partial charge in [-0.05, 0) is 42.5 Å². The van der Waals surface area contributed by atoms with Gasteiger partial charge in [0.15, 0.2) is 11.3 Å². The number of anilines is 2. The van der Waals surface area contributed by atoms with Crippen molar-refractivity contribution in [1.82, 2.24) is 4.98 Å². The summed E-state index contributed by atoms with van der Waals surface area (Å²) < 4.78 is 37.6. The maximum absolute atomic E-state index is 12.6. The number of hydrogen-bond acceptors (Lipinski definition) is 6. The van der Waals surface area contributed by atoms with Gasteiger partial charge >= 0.3 is 5.76 Å². The zero-order valence-electron chi connectivity index (χ0n) is 14.1. The van der Waals surface area contributed by atoms with Gasteiger partial charge < -0.3 is 14.2 Å². The van der Waals surface area contributed by atoms with Crippen LogP contribution in [0.25, 0.3) is 11.1 Å². The smallest absolute Gasteiger partial charge is 0.417 e. The average Bonchev–Trinajstić information content (AvgIpc) is 3.29. The van der Waals surface area contributed by atoms with Crippen LogP contribution in [0.2, 0.25) is 0 Å². The minimum atomic E-state index is -3.94. The first-order valence-corrected chi connectivity index (χ1v) is 9.50. The third-order valence-electron chi connectivity index (χ3n) is 3.82. The molecule has 4 aromatic rings. The van der Waals surface area contributed by atoms with Crippen LogP contribution in [0.15, 0.2) is 79.4 Å². The highest BCUT2D eigenvalue weighted by molar-refractivity contribution is 7.92. The van der Waals surface area contributed by atoms with Gasteiger partial charge in [0.05, 0.1) is 22.4 Å². The topological polar surface area (TPSA) is 134 Å². The molecular weight excluding hydrogens is 386 g/mol. The van der Waals surface area contributed by atoms with Gasteiger partial charge in [0.1, 0.15) is 0 Å². The van der Waals surface area contributed by atoms with Gasteiger partial charge in [-0.15, -0.1) is 0 Å². The molecule has 0 spiro atoms. The van der Waals surface area contributed by atoms with E-state index in [2.05, 4.69) is 15.0 Å². The maximum Gasteiger partial charge on any atom is 0.417 e. The highest BCUT2D eigenvalue weighted by atomic mass is 32.2. The van der Waals surface area contributed by atoms with Crippen molar-refractivity contribution in [3.05, 3.63) is 77.2 Å².